The number of amides is 1. The van der Waals surface area contributed by atoms with Crippen LogP contribution in [0.1, 0.15) is 59.5 Å². The molecule has 0 bridgehead atoms. The number of carbonyl (C=O) groups excluding carboxylic acids is 2. The molecule has 7 heteroatoms. The quantitative estimate of drug-likeness (QED) is 0.350. The summed E-state index contributed by atoms with van der Waals surface area (Å²) >= 11 is 1.40. The lowest BCUT2D eigenvalue weighted by Gasteiger charge is -2.12. The molecule has 0 saturated heterocycles. The fourth-order valence-corrected chi connectivity index (χ4v) is 4.71. The van der Waals surface area contributed by atoms with Crippen molar-refractivity contribution >= 4 is 34.3 Å². The number of anilines is 1. The molecule has 0 aliphatic heterocycles. The third kappa shape index (κ3) is 5.53. The Bertz CT molecular complexity index is 1020. The first-order valence-electron chi connectivity index (χ1n) is 10.5. The predicted octanol–water partition coefficient (Wildman–Crippen LogP) is 5.14. The molecule has 0 spiro atoms. The van der Waals surface area contributed by atoms with Gasteiger partial charge in [-0.15, -0.1) is 11.3 Å². The number of nitrogens with one attached hydrogen (secondary N) is 1. The second kappa shape index (κ2) is 10.8. The third-order valence-electron chi connectivity index (χ3n) is 4.91. The van der Waals surface area contributed by atoms with Crippen LogP contribution in [-0.2, 0) is 22.4 Å². The first kappa shape index (κ1) is 22.6. The number of nitrogens with zero attached hydrogens (tertiary/aromatic N) is 1. The minimum absolute atomic E-state index is 0.0385. The Morgan fingerprint density at radius 3 is 2.61 bits per heavy atom. The topological polar surface area (TPSA) is 88.4 Å². The number of hydrogen-bond donors (Lipinski definition) is 1. The number of carbonyl (C=O) groups is 2. The molecule has 162 valence electrons. The van der Waals surface area contributed by atoms with E-state index in [4.69, 9.17) is 9.47 Å². The Labute approximate surface area is 186 Å². The molecule has 1 amide bonds. The highest BCUT2D eigenvalue weighted by Crippen LogP contribution is 2.38. The maximum atomic E-state index is 12.8. The molecular weight excluding hydrogens is 412 g/mol. The number of ether oxygens (including phenoxy) is 2. The van der Waals surface area contributed by atoms with E-state index in [2.05, 4.69) is 5.32 Å². The van der Waals surface area contributed by atoms with Crippen LogP contribution in [0, 0.1) is 11.3 Å². The van der Waals surface area contributed by atoms with Gasteiger partial charge in [0.15, 0.2) is 0 Å². The molecule has 6 nitrogen and oxygen atoms in total. The van der Waals surface area contributed by atoms with Crippen molar-refractivity contribution < 1.29 is 19.1 Å². The fraction of sp³-hybridized carbons (Fsp3) is 0.375. The molecule has 1 aliphatic rings. The second-order valence-corrected chi connectivity index (χ2v) is 8.28. The first-order valence-corrected chi connectivity index (χ1v) is 11.4. The van der Waals surface area contributed by atoms with Gasteiger partial charge in [0.1, 0.15) is 22.4 Å². The zero-order valence-corrected chi connectivity index (χ0v) is 18.6. The lowest BCUT2D eigenvalue weighted by Crippen LogP contribution is -2.16. The summed E-state index contributed by atoms with van der Waals surface area (Å²) in [5.74, 6) is -0.231. The van der Waals surface area contributed by atoms with E-state index in [9.17, 15) is 14.9 Å². The summed E-state index contributed by atoms with van der Waals surface area (Å²) in [4.78, 5) is 26.5. The molecule has 2 aromatic rings. The molecule has 1 aliphatic carbocycles. The Kier molecular flexibility index (Phi) is 7.85. The van der Waals surface area contributed by atoms with Crippen LogP contribution in [0.5, 0.6) is 5.75 Å². The number of rotatable bonds is 8. The van der Waals surface area contributed by atoms with Crippen LogP contribution in [0.2, 0.25) is 0 Å². The molecule has 0 radical (unpaired) electrons. The third-order valence-corrected chi connectivity index (χ3v) is 6.11. The summed E-state index contributed by atoms with van der Waals surface area (Å²) in [6.07, 6.45) is 6.19. The number of hydrogen-bond acceptors (Lipinski definition) is 6. The molecule has 1 aromatic heterocycles. The maximum Gasteiger partial charge on any atom is 0.341 e. The average Bonchev–Trinajstić information content (AvgIpc) is 3.14. The average molecular weight is 439 g/mol. The molecule has 1 N–H and O–H groups in total. The van der Waals surface area contributed by atoms with E-state index >= 15 is 0 Å². The minimum atomic E-state index is -0.544. The van der Waals surface area contributed by atoms with Crippen molar-refractivity contribution in [2.75, 3.05) is 18.5 Å². The van der Waals surface area contributed by atoms with Crippen molar-refractivity contribution in [3.8, 4) is 11.8 Å². The molecule has 0 saturated carbocycles. The Morgan fingerprint density at radius 2 is 1.94 bits per heavy atom. The summed E-state index contributed by atoms with van der Waals surface area (Å²) in [7, 11) is 0. The molecule has 0 atom stereocenters. The highest BCUT2D eigenvalue weighted by molar-refractivity contribution is 7.17. The van der Waals surface area contributed by atoms with Crippen LogP contribution in [0.3, 0.4) is 0 Å². The second-order valence-electron chi connectivity index (χ2n) is 7.18. The minimum Gasteiger partial charge on any atom is -0.494 e. The monoisotopic (exact) mass is 438 g/mol. The van der Waals surface area contributed by atoms with Crippen molar-refractivity contribution in [3.63, 3.8) is 0 Å². The highest BCUT2D eigenvalue weighted by atomic mass is 32.1. The van der Waals surface area contributed by atoms with Crippen LogP contribution in [0.4, 0.5) is 5.00 Å². The Balaban J connectivity index is 1.82. The highest BCUT2D eigenvalue weighted by Gasteiger charge is 2.27. The van der Waals surface area contributed by atoms with Gasteiger partial charge in [-0.05, 0) is 68.4 Å². The van der Waals surface area contributed by atoms with Gasteiger partial charge in [-0.2, -0.15) is 5.26 Å². The molecule has 31 heavy (non-hydrogen) atoms. The SMILES string of the molecule is CCCOc1ccc(/C=C(/C#N)C(=O)Nc2sc3c(c2C(=O)OCC)CCCC3)cc1. The summed E-state index contributed by atoms with van der Waals surface area (Å²) in [6.45, 7) is 4.68. The number of thiophene rings is 1. The van der Waals surface area contributed by atoms with Crippen LogP contribution in [0.15, 0.2) is 29.8 Å². The van der Waals surface area contributed by atoms with Gasteiger partial charge in [-0.3, -0.25) is 4.79 Å². The zero-order chi connectivity index (χ0) is 22.2. The van der Waals surface area contributed by atoms with E-state index in [0.29, 0.717) is 22.7 Å². The largest absolute Gasteiger partial charge is 0.494 e. The molecule has 0 fully saturated rings. The fourth-order valence-electron chi connectivity index (χ4n) is 3.44. The zero-order valence-electron chi connectivity index (χ0n) is 17.8. The van der Waals surface area contributed by atoms with Crippen LogP contribution in [0.25, 0.3) is 6.08 Å². The summed E-state index contributed by atoms with van der Waals surface area (Å²) in [5, 5.41) is 12.8. The van der Waals surface area contributed by atoms with Gasteiger partial charge in [0.2, 0.25) is 0 Å². The van der Waals surface area contributed by atoms with E-state index in [-0.39, 0.29) is 12.2 Å². The Hall–Kier alpha value is -3.11. The predicted molar refractivity (Wildman–Crippen MR) is 121 cm³/mol. The van der Waals surface area contributed by atoms with Crippen LogP contribution < -0.4 is 10.1 Å². The summed E-state index contributed by atoms with van der Waals surface area (Å²) < 4.78 is 10.8. The lowest BCUT2D eigenvalue weighted by molar-refractivity contribution is -0.112. The summed E-state index contributed by atoms with van der Waals surface area (Å²) in [6, 6.07) is 9.16. The normalized spacial score (nSPS) is 13.1. The van der Waals surface area contributed by atoms with Crippen molar-refractivity contribution in [3.05, 3.63) is 51.4 Å². The van der Waals surface area contributed by atoms with Gasteiger partial charge < -0.3 is 14.8 Å². The van der Waals surface area contributed by atoms with Crippen molar-refractivity contribution in [2.45, 2.75) is 46.0 Å². The van der Waals surface area contributed by atoms with Gasteiger partial charge in [-0.25, -0.2) is 4.79 Å². The van der Waals surface area contributed by atoms with Gasteiger partial charge in [0, 0.05) is 4.88 Å². The number of benzene rings is 1. The van der Waals surface area contributed by atoms with E-state index in [1.165, 1.54) is 17.4 Å². The standard InChI is InChI=1S/C24H26N2O4S/c1-3-13-30-18-11-9-16(10-12-18)14-17(15-25)22(27)26-23-21(24(28)29-4-2)19-7-5-6-8-20(19)31-23/h9-12,14H,3-8,13H2,1-2H3,(H,26,27)/b17-14-. The van der Waals surface area contributed by atoms with E-state index in [1.807, 2.05) is 13.0 Å². The number of nitriles is 1. The van der Waals surface area contributed by atoms with E-state index in [1.54, 1.807) is 31.2 Å². The van der Waals surface area contributed by atoms with Gasteiger partial charge in [-0.1, -0.05) is 19.1 Å². The molecule has 1 heterocycles. The smallest absolute Gasteiger partial charge is 0.341 e. The maximum absolute atomic E-state index is 12.8. The number of aryl methyl sites for hydroxylation is 1. The van der Waals surface area contributed by atoms with Crippen LogP contribution >= 0.6 is 11.3 Å². The van der Waals surface area contributed by atoms with Crippen molar-refractivity contribution in [1.29, 1.82) is 5.26 Å². The molecule has 1 aromatic carbocycles. The van der Waals surface area contributed by atoms with Gasteiger partial charge in [0.05, 0.1) is 18.8 Å². The van der Waals surface area contributed by atoms with Crippen LogP contribution in [-0.4, -0.2) is 25.1 Å². The van der Waals surface area contributed by atoms with E-state index < -0.39 is 11.9 Å². The lowest BCUT2D eigenvalue weighted by atomic mass is 9.95. The van der Waals surface area contributed by atoms with Crippen molar-refractivity contribution in [1.82, 2.24) is 0 Å². The number of esters is 1. The van der Waals surface area contributed by atoms with E-state index in [0.717, 1.165) is 48.3 Å². The summed E-state index contributed by atoms with van der Waals surface area (Å²) in [5.41, 5.74) is 2.08. The van der Waals surface area contributed by atoms with Crippen molar-refractivity contribution in [2.24, 2.45) is 0 Å². The van der Waals surface area contributed by atoms with Gasteiger partial charge >= 0.3 is 5.97 Å². The first-order chi connectivity index (χ1) is 15.1. The molecular formula is C24H26N2O4S. The molecule has 3 rings (SSSR count). The molecule has 0 unspecified atom stereocenters. The Morgan fingerprint density at radius 1 is 1.19 bits per heavy atom. The van der Waals surface area contributed by atoms with Gasteiger partial charge in [0.25, 0.3) is 5.91 Å². The number of fused-ring (bicyclic) bond motifs is 1.